The van der Waals surface area contributed by atoms with Crippen molar-refractivity contribution in [1.29, 1.82) is 0 Å². The second-order valence-electron chi connectivity index (χ2n) is 8.61. The van der Waals surface area contributed by atoms with Crippen molar-refractivity contribution in [3.8, 4) is 0 Å². The van der Waals surface area contributed by atoms with Crippen molar-refractivity contribution in [3.05, 3.63) is 52.8 Å². The fourth-order valence-corrected chi connectivity index (χ4v) is 5.50. The number of nitrogens with one attached hydrogen (secondary N) is 1. The molecule has 0 atom stereocenters. The number of aromatic nitrogens is 1. The van der Waals surface area contributed by atoms with Crippen LogP contribution in [0.25, 0.3) is 0 Å². The normalized spacial score (nSPS) is 17.6. The Balaban J connectivity index is 1.16. The maximum atomic E-state index is 12.5. The van der Waals surface area contributed by atoms with E-state index in [4.69, 9.17) is 4.74 Å². The molecule has 0 spiro atoms. The van der Waals surface area contributed by atoms with Crippen molar-refractivity contribution in [2.24, 2.45) is 4.99 Å². The number of nitrogens with zero attached hydrogens (tertiary/aromatic N) is 2. The zero-order valence-corrected chi connectivity index (χ0v) is 19.8. The minimum Gasteiger partial charge on any atom is -0.457 e. The molecule has 1 aromatic carbocycles. The van der Waals surface area contributed by atoms with Gasteiger partial charge in [0.05, 0.1) is 4.90 Å². The molecule has 0 radical (unpaired) electrons. The first-order valence-corrected chi connectivity index (χ1v) is 12.8. The van der Waals surface area contributed by atoms with Crippen molar-refractivity contribution < 1.29 is 22.7 Å². The lowest BCUT2D eigenvalue weighted by Gasteiger charge is -2.08. The fraction of sp³-hybridized carbons (Fsp3) is 0.458. The Labute approximate surface area is 194 Å². The number of benzene rings is 1. The van der Waals surface area contributed by atoms with Gasteiger partial charge in [-0.3, -0.25) is 19.3 Å². The number of carbonyl (C=O) groups excluding carboxylic acids is 2. The average molecular weight is 472 g/mol. The highest BCUT2D eigenvalue weighted by Crippen LogP contribution is 2.38. The first kappa shape index (κ1) is 23.2. The second-order valence-corrected chi connectivity index (χ2v) is 10.3. The Bertz CT molecular complexity index is 1210. The highest BCUT2D eigenvalue weighted by molar-refractivity contribution is 7.90. The van der Waals surface area contributed by atoms with Crippen LogP contribution in [0.2, 0.25) is 0 Å². The van der Waals surface area contributed by atoms with Crippen LogP contribution in [0.15, 0.2) is 40.2 Å². The van der Waals surface area contributed by atoms with Gasteiger partial charge in [-0.2, -0.15) is 0 Å². The molecule has 2 aliphatic rings. The number of sulfonamides is 1. The number of Topliss-reactive ketones (excluding diaryl/α,β-unsaturated/α-hetero) is 1. The number of amidine groups is 1. The van der Waals surface area contributed by atoms with Crippen molar-refractivity contribution in [3.63, 3.8) is 0 Å². The number of esters is 1. The highest BCUT2D eigenvalue weighted by atomic mass is 32.2. The van der Waals surface area contributed by atoms with Gasteiger partial charge in [0.25, 0.3) is 10.0 Å². The van der Waals surface area contributed by atoms with Gasteiger partial charge >= 0.3 is 5.97 Å². The number of rotatable bonds is 10. The topological polar surface area (TPSA) is 107 Å². The molecule has 1 aliphatic heterocycles. The van der Waals surface area contributed by atoms with E-state index in [2.05, 4.69) is 14.3 Å². The molecule has 33 heavy (non-hydrogen) atoms. The summed E-state index contributed by atoms with van der Waals surface area (Å²) in [4.78, 5) is 29.1. The Hall–Kier alpha value is -2.94. The zero-order chi connectivity index (χ0) is 23.6. The average Bonchev–Trinajstić information content (AvgIpc) is 3.52. The summed E-state index contributed by atoms with van der Waals surface area (Å²) in [5, 5.41) is 0. The molecule has 0 saturated heterocycles. The molecule has 2 heterocycles. The molecular formula is C24H29N3O5S. The highest BCUT2D eigenvalue weighted by Gasteiger charge is 2.30. The lowest BCUT2D eigenvalue weighted by Crippen LogP contribution is -2.22. The number of unbranched alkanes of at least 4 members (excludes halogenated alkanes) is 2. The van der Waals surface area contributed by atoms with E-state index in [1.165, 1.54) is 0 Å². The van der Waals surface area contributed by atoms with Crippen LogP contribution in [0.3, 0.4) is 0 Å². The number of aliphatic imine (C=N–C) groups is 1. The van der Waals surface area contributed by atoms with Crippen LogP contribution >= 0.6 is 0 Å². The van der Waals surface area contributed by atoms with Crippen LogP contribution in [0.1, 0.15) is 71.9 Å². The lowest BCUT2D eigenvalue weighted by molar-refractivity contribution is -0.142. The van der Waals surface area contributed by atoms with Crippen molar-refractivity contribution in [1.82, 2.24) is 9.29 Å². The van der Waals surface area contributed by atoms with Gasteiger partial charge in [-0.05, 0) is 57.7 Å². The maximum absolute atomic E-state index is 12.5. The third kappa shape index (κ3) is 5.19. The van der Waals surface area contributed by atoms with E-state index in [1.54, 1.807) is 24.3 Å². The standard InChI is InChI=1S/C24H29N3O5S/c1-16-14-20(17(2)27(16)18-11-12-18)21(28)15-32-23(29)10-4-3-7-13-25-24-19-8-5-6-9-22(19)33(30,31)26-24/h5-6,8-9,14,18H,3-4,7,10-13,15H2,1-2H3,(H,25,26). The molecule has 1 aromatic heterocycles. The summed E-state index contributed by atoms with van der Waals surface area (Å²) in [6.45, 7) is 4.16. The number of hydrogen-bond donors (Lipinski definition) is 1. The van der Waals surface area contributed by atoms with Gasteiger partial charge in [-0.1, -0.05) is 18.6 Å². The molecule has 1 fully saturated rings. The maximum Gasteiger partial charge on any atom is 0.306 e. The number of ketones is 1. The molecule has 1 N–H and O–H groups in total. The molecule has 0 amide bonds. The van der Waals surface area contributed by atoms with Crippen molar-refractivity contribution in [2.45, 2.75) is 63.3 Å². The number of carbonyl (C=O) groups is 2. The number of ether oxygens (including phenoxy) is 1. The Morgan fingerprint density at radius 2 is 1.91 bits per heavy atom. The molecule has 1 saturated carbocycles. The molecule has 2 aromatic rings. The summed E-state index contributed by atoms with van der Waals surface area (Å²) in [5.74, 6) is -0.189. The van der Waals surface area contributed by atoms with Gasteiger partial charge in [-0.15, -0.1) is 0 Å². The SMILES string of the molecule is Cc1cc(C(=O)COC(=O)CCCCCN=C2NS(=O)(=O)c3ccccc32)c(C)n1C1CC1. The number of hydrogen-bond acceptors (Lipinski definition) is 6. The molecule has 4 rings (SSSR count). The lowest BCUT2D eigenvalue weighted by atomic mass is 10.1. The van der Waals surface area contributed by atoms with Crippen LogP contribution in [-0.2, 0) is 19.6 Å². The molecule has 0 bridgehead atoms. The van der Waals surface area contributed by atoms with Gasteiger partial charge in [0.15, 0.2) is 6.61 Å². The molecule has 8 nitrogen and oxygen atoms in total. The molecule has 176 valence electrons. The van der Waals surface area contributed by atoms with Crippen LogP contribution in [0.5, 0.6) is 0 Å². The first-order valence-electron chi connectivity index (χ1n) is 11.3. The minimum atomic E-state index is -3.52. The summed E-state index contributed by atoms with van der Waals surface area (Å²) >= 11 is 0. The van der Waals surface area contributed by atoms with E-state index in [0.29, 0.717) is 42.4 Å². The van der Waals surface area contributed by atoms with E-state index in [0.717, 1.165) is 30.7 Å². The van der Waals surface area contributed by atoms with Gasteiger partial charge in [0, 0.05) is 41.5 Å². The smallest absolute Gasteiger partial charge is 0.306 e. The Morgan fingerprint density at radius 3 is 2.67 bits per heavy atom. The van der Waals surface area contributed by atoms with Gasteiger partial charge in [0.2, 0.25) is 5.78 Å². The van der Waals surface area contributed by atoms with Gasteiger partial charge in [-0.25, -0.2) is 8.42 Å². The van der Waals surface area contributed by atoms with Crippen LogP contribution in [0.4, 0.5) is 0 Å². The summed E-state index contributed by atoms with van der Waals surface area (Å²) in [6.07, 6.45) is 4.61. The third-order valence-corrected chi connectivity index (χ3v) is 7.43. The predicted molar refractivity (Wildman–Crippen MR) is 124 cm³/mol. The second kappa shape index (κ2) is 9.51. The molecule has 1 aliphatic carbocycles. The van der Waals surface area contributed by atoms with Crippen LogP contribution < -0.4 is 4.72 Å². The van der Waals surface area contributed by atoms with E-state index >= 15 is 0 Å². The van der Waals surface area contributed by atoms with E-state index in [-0.39, 0.29) is 29.7 Å². The monoisotopic (exact) mass is 471 g/mol. The third-order valence-electron chi connectivity index (χ3n) is 6.03. The largest absolute Gasteiger partial charge is 0.457 e. The molecule has 9 heteroatoms. The zero-order valence-electron chi connectivity index (χ0n) is 19.0. The number of fused-ring (bicyclic) bond motifs is 1. The van der Waals surface area contributed by atoms with Crippen LogP contribution in [-0.4, -0.2) is 43.7 Å². The van der Waals surface area contributed by atoms with Gasteiger partial charge < -0.3 is 9.30 Å². The van der Waals surface area contributed by atoms with E-state index in [1.807, 2.05) is 19.9 Å². The van der Waals surface area contributed by atoms with E-state index in [9.17, 15) is 18.0 Å². The van der Waals surface area contributed by atoms with Crippen LogP contribution in [0, 0.1) is 13.8 Å². The first-order chi connectivity index (χ1) is 15.8. The Kier molecular flexibility index (Phi) is 6.69. The summed E-state index contributed by atoms with van der Waals surface area (Å²) < 4.78 is 34.0. The van der Waals surface area contributed by atoms with Crippen molar-refractivity contribution >= 4 is 27.6 Å². The molecule has 0 unspecified atom stereocenters. The van der Waals surface area contributed by atoms with Gasteiger partial charge in [0.1, 0.15) is 5.84 Å². The fourth-order valence-electron chi connectivity index (χ4n) is 4.25. The molecular weight excluding hydrogens is 442 g/mol. The summed E-state index contributed by atoms with van der Waals surface area (Å²) in [6, 6.07) is 9.13. The minimum absolute atomic E-state index is 0.168. The summed E-state index contributed by atoms with van der Waals surface area (Å²) in [7, 11) is -3.52. The van der Waals surface area contributed by atoms with Crippen molar-refractivity contribution in [2.75, 3.05) is 13.2 Å². The predicted octanol–water partition coefficient (Wildman–Crippen LogP) is 3.46. The summed E-state index contributed by atoms with van der Waals surface area (Å²) in [5.41, 5.74) is 3.24. The van der Waals surface area contributed by atoms with E-state index < -0.39 is 10.0 Å². The quantitative estimate of drug-likeness (QED) is 0.324. The Morgan fingerprint density at radius 1 is 1.15 bits per heavy atom. The number of aryl methyl sites for hydroxylation is 1.